The van der Waals surface area contributed by atoms with Crippen molar-refractivity contribution in [2.75, 3.05) is 13.1 Å². The lowest BCUT2D eigenvalue weighted by Crippen LogP contribution is -2.40. The third kappa shape index (κ3) is 8.40. The molecule has 0 rings (SSSR count). The minimum absolute atomic E-state index is 0.0215. The lowest BCUT2D eigenvalue weighted by atomic mass is 10.1. The Morgan fingerprint density at radius 2 is 1.55 bits per heavy atom. The first-order chi connectivity index (χ1) is 9.38. The number of nitrogens with two attached hydrogens (primary N) is 5. The molecule has 9 heteroatoms. The van der Waals surface area contributed by atoms with E-state index >= 15 is 0 Å². The van der Waals surface area contributed by atoms with Gasteiger partial charge in [0.2, 0.25) is 0 Å². The van der Waals surface area contributed by atoms with Crippen molar-refractivity contribution in [3.05, 3.63) is 0 Å². The van der Waals surface area contributed by atoms with Gasteiger partial charge in [-0.2, -0.15) is 0 Å². The first-order valence-corrected chi connectivity index (χ1v) is 6.40. The monoisotopic (exact) mass is 288 g/mol. The molecule has 0 aromatic carbocycles. The molecule has 0 amide bonds. The molecule has 0 bridgehead atoms. The van der Waals surface area contributed by atoms with Gasteiger partial charge in [-0.1, -0.05) is 0 Å². The first-order valence-electron chi connectivity index (χ1n) is 6.40. The molecule has 10 N–H and O–H groups in total. The van der Waals surface area contributed by atoms with E-state index in [9.17, 15) is 9.59 Å². The van der Waals surface area contributed by atoms with Gasteiger partial charge in [0.15, 0.2) is 5.96 Å². The van der Waals surface area contributed by atoms with Crippen LogP contribution in [-0.4, -0.2) is 43.1 Å². The molecule has 0 spiro atoms. The topological polar surface area (TPSA) is 186 Å². The van der Waals surface area contributed by atoms with E-state index < -0.39 is 24.0 Å². The highest BCUT2D eigenvalue weighted by molar-refractivity contribution is 5.90. The molecular weight excluding hydrogens is 264 g/mol. The standard InChI is InChI=1S/C11H24N6O3/c12-5-4-8(14)10(19)20-9(18)7(13)3-1-2-6-17-11(15)16/h7-8H,1-6,12-14H2,(H4,15,16,17). The molecule has 0 aromatic heterocycles. The smallest absolute Gasteiger partial charge is 0.330 e. The Morgan fingerprint density at radius 3 is 2.05 bits per heavy atom. The zero-order chi connectivity index (χ0) is 15.5. The van der Waals surface area contributed by atoms with Crippen LogP contribution in [0.5, 0.6) is 0 Å². The van der Waals surface area contributed by atoms with Crippen molar-refractivity contribution in [2.24, 2.45) is 33.7 Å². The Hall–Kier alpha value is -1.71. The number of esters is 2. The summed E-state index contributed by atoms with van der Waals surface area (Å²) < 4.78 is 4.57. The van der Waals surface area contributed by atoms with Gasteiger partial charge in [0.05, 0.1) is 0 Å². The Morgan fingerprint density at radius 1 is 1.00 bits per heavy atom. The number of aliphatic imine (C=N–C) groups is 1. The quantitative estimate of drug-likeness (QED) is 0.101. The minimum Gasteiger partial charge on any atom is -0.391 e. The van der Waals surface area contributed by atoms with Crippen LogP contribution >= 0.6 is 0 Å². The highest BCUT2D eigenvalue weighted by atomic mass is 16.6. The SMILES string of the molecule is NCCC(N)C(=O)OC(=O)C(N)CCCCN=C(N)N. The highest BCUT2D eigenvalue weighted by Gasteiger charge is 2.22. The molecule has 0 fully saturated rings. The van der Waals surface area contributed by atoms with Crippen LogP contribution < -0.4 is 28.7 Å². The van der Waals surface area contributed by atoms with E-state index in [1.165, 1.54) is 0 Å². The minimum atomic E-state index is -0.905. The normalized spacial score (nSPS) is 13.3. The molecular formula is C11H24N6O3. The molecule has 0 aliphatic heterocycles. The molecule has 116 valence electrons. The second-order valence-electron chi connectivity index (χ2n) is 4.33. The van der Waals surface area contributed by atoms with Gasteiger partial charge in [0.25, 0.3) is 0 Å². The molecule has 2 atom stereocenters. The number of guanidine groups is 1. The Labute approximate surface area is 117 Å². The molecule has 0 saturated heterocycles. The van der Waals surface area contributed by atoms with E-state index in [0.717, 1.165) is 0 Å². The summed E-state index contributed by atoms with van der Waals surface area (Å²) in [6, 6.07) is -1.78. The van der Waals surface area contributed by atoms with E-state index in [1.807, 2.05) is 0 Å². The summed E-state index contributed by atoms with van der Waals surface area (Å²) in [6.07, 6.45) is 1.94. The van der Waals surface area contributed by atoms with Crippen molar-refractivity contribution < 1.29 is 14.3 Å². The first kappa shape index (κ1) is 18.3. The summed E-state index contributed by atoms with van der Waals surface area (Å²) in [4.78, 5) is 26.7. The fourth-order valence-electron chi connectivity index (χ4n) is 1.35. The Bertz CT molecular complexity index is 343. The maximum absolute atomic E-state index is 11.5. The summed E-state index contributed by atoms with van der Waals surface area (Å²) in [5.41, 5.74) is 26.6. The Kier molecular flexibility index (Phi) is 9.26. The van der Waals surface area contributed by atoms with Crippen LogP contribution in [0.25, 0.3) is 0 Å². The number of ether oxygens (including phenoxy) is 1. The van der Waals surface area contributed by atoms with Crippen molar-refractivity contribution in [3.63, 3.8) is 0 Å². The maximum Gasteiger partial charge on any atom is 0.330 e. The lowest BCUT2D eigenvalue weighted by Gasteiger charge is -2.12. The number of hydrogen-bond acceptors (Lipinski definition) is 7. The van der Waals surface area contributed by atoms with Crippen LogP contribution in [-0.2, 0) is 14.3 Å². The molecule has 2 unspecified atom stereocenters. The number of nitrogens with zero attached hydrogens (tertiary/aromatic N) is 1. The predicted molar refractivity (Wildman–Crippen MR) is 75.2 cm³/mol. The van der Waals surface area contributed by atoms with Gasteiger partial charge in [-0.25, -0.2) is 9.59 Å². The largest absolute Gasteiger partial charge is 0.391 e. The van der Waals surface area contributed by atoms with Crippen LogP contribution in [0.2, 0.25) is 0 Å². The third-order valence-electron chi connectivity index (χ3n) is 2.50. The van der Waals surface area contributed by atoms with Crippen molar-refractivity contribution in [2.45, 2.75) is 37.8 Å². The fraction of sp³-hybridized carbons (Fsp3) is 0.727. The van der Waals surface area contributed by atoms with Gasteiger partial charge in [-0.15, -0.1) is 0 Å². The zero-order valence-electron chi connectivity index (χ0n) is 11.5. The van der Waals surface area contributed by atoms with Crippen LogP contribution in [0.4, 0.5) is 0 Å². The summed E-state index contributed by atoms with van der Waals surface area (Å²) in [7, 11) is 0. The molecule has 0 aliphatic carbocycles. The molecule has 0 saturated carbocycles. The third-order valence-corrected chi connectivity index (χ3v) is 2.50. The summed E-state index contributed by atoms with van der Waals surface area (Å²) in [5.74, 6) is -1.58. The second-order valence-corrected chi connectivity index (χ2v) is 4.33. The van der Waals surface area contributed by atoms with Crippen molar-refractivity contribution in [1.82, 2.24) is 0 Å². The van der Waals surface area contributed by atoms with E-state index in [0.29, 0.717) is 25.8 Å². The molecule has 9 nitrogen and oxygen atoms in total. The molecule has 0 heterocycles. The molecule has 0 aromatic rings. The van der Waals surface area contributed by atoms with Gasteiger partial charge >= 0.3 is 11.9 Å². The van der Waals surface area contributed by atoms with E-state index in [2.05, 4.69) is 9.73 Å². The molecule has 0 aliphatic rings. The number of unbranched alkanes of at least 4 members (excludes halogenated alkanes) is 1. The number of hydrogen-bond donors (Lipinski definition) is 5. The summed E-state index contributed by atoms with van der Waals surface area (Å²) in [6.45, 7) is 0.700. The van der Waals surface area contributed by atoms with Gasteiger partial charge in [-0.3, -0.25) is 4.99 Å². The van der Waals surface area contributed by atoms with Crippen molar-refractivity contribution >= 4 is 17.9 Å². The second kappa shape index (κ2) is 10.1. The van der Waals surface area contributed by atoms with E-state index in [4.69, 9.17) is 28.7 Å². The van der Waals surface area contributed by atoms with Gasteiger partial charge in [0.1, 0.15) is 12.1 Å². The highest BCUT2D eigenvalue weighted by Crippen LogP contribution is 2.02. The van der Waals surface area contributed by atoms with E-state index in [-0.39, 0.29) is 18.9 Å². The van der Waals surface area contributed by atoms with Crippen LogP contribution in [0.1, 0.15) is 25.7 Å². The Balaban J connectivity index is 3.92. The predicted octanol–water partition coefficient (Wildman–Crippen LogP) is -2.50. The van der Waals surface area contributed by atoms with Crippen molar-refractivity contribution in [1.29, 1.82) is 0 Å². The molecule has 20 heavy (non-hydrogen) atoms. The van der Waals surface area contributed by atoms with Crippen LogP contribution in [0.15, 0.2) is 4.99 Å². The maximum atomic E-state index is 11.5. The van der Waals surface area contributed by atoms with Crippen LogP contribution in [0.3, 0.4) is 0 Å². The number of carbonyl (C=O) groups is 2. The average molecular weight is 288 g/mol. The number of carbonyl (C=O) groups excluding carboxylic acids is 2. The zero-order valence-corrected chi connectivity index (χ0v) is 11.5. The summed E-state index contributed by atoms with van der Waals surface area (Å²) >= 11 is 0. The van der Waals surface area contributed by atoms with Gasteiger partial charge < -0.3 is 33.4 Å². The summed E-state index contributed by atoms with van der Waals surface area (Å²) in [5, 5.41) is 0. The number of rotatable bonds is 9. The van der Waals surface area contributed by atoms with Crippen LogP contribution in [0, 0.1) is 0 Å². The fourth-order valence-corrected chi connectivity index (χ4v) is 1.35. The molecule has 0 radical (unpaired) electrons. The lowest BCUT2D eigenvalue weighted by molar-refractivity contribution is -0.161. The van der Waals surface area contributed by atoms with E-state index in [1.54, 1.807) is 0 Å². The van der Waals surface area contributed by atoms with Gasteiger partial charge in [0, 0.05) is 6.54 Å². The average Bonchev–Trinajstić information content (AvgIpc) is 2.37. The van der Waals surface area contributed by atoms with Gasteiger partial charge in [-0.05, 0) is 32.2 Å². The van der Waals surface area contributed by atoms with Crippen molar-refractivity contribution in [3.8, 4) is 0 Å².